The predicted octanol–water partition coefficient (Wildman–Crippen LogP) is 0.895. The van der Waals surface area contributed by atoms with Crippen molar-refractivity contribution in [3.8, 4) is 0 Å². The normalized spacial score (nSPS) is 11.1. The van der Waals surface area contributed by atoms with Crippen LogP contribution >= 0.6 is 0 Å². The highest BCUT2D eigenvalue weighted by Crippen LogP contribution is 2.05. The second-order valence-corrected chi connectivity index (χ2v) is 4.30. The Balaban J connectivity index is 2.61. The van der Waals surface area contributed by atoms with E-state index >= 15 is 0 Å². The molecule has 0 aromatic carbocycles. The van der Waals surface area contributed by atoms with Crippen molar-refractivity contribution >= 4 is 11.7 Å². The van der Waals surface area contributed by atoms with Crippen molar-refractivity contribution in [2.75, 3.05) is 5.43 Å². The molecule has 0 bridgehead atoms. The van der Waals surface area contributed by atoms with Crippen molar-refractivity contribution in [2.24, 2.45) is 5.73 Å². The second kappa shape index (κ2) is 4.27. The molecule has 1 aromatic heterocycles. The Hall–Kier alpha value is -1.62. The smallest absolute Gasteiger partial charge is 0.250 e. The first kappa shape index (κ1) is 11.5. The minimum Gasteiger partial charge on any atom is -0.366 e. The van der Waals surface area contributed by atoms with Crippen LogP contribution < -0.4 is 16.6 Å². The number of carbonyl (C=O) groups is 1. The molecule has 0 aliphatic carbocycles. The van der Waals surface area contributed by atoms with Crippen molar-refractivity contribution in [1.82, 2.24) is 10.4 Å². The number of anilines is 1. The largest absolute Gasteiger partial charge is 0.366 e. The summed E-state index contributed by atoms with van der Waals surface area (Å²) in [6, 6.07) is 3.32. The van der Waals surface area contributed by atoms with Crippen LogP contribution in [0.15, 0.2) is 18.3 Å². The molecular formula is C10H16N4O. The maximum atomic E-state index is 10.8. The summed E-state index contributed by atoms with van der Waals surface area (Å²) in [6.45, 7) is 6.08. The third kappa shape index (κ3) is 3.95. The summed E-state index contributed by atoms with van der Waals surface area (Å²) in [5.41, 5.74) is 11.4. The summed E-state index contributed by atoms with van der Waals surface area (Å²) < 4.78 is 0. The van der Waals surface area contributed by atoms with Crippen LogP contribution in [0.3, 0.4) is 0 Å². The topological polar surface area (TPSA) is 80.0 Å². The first-order chi connectivity index (χ1) is 6.88. The Kier molecular flexibility index (Phi) is 3.26. The quantitative estimate of drug-likeness (QED) is 0.645. The van der Waals surface area contributed by atoms with Crippen molar-refractivity contribution in [3.05, 3.63) is 23.9 Å². The molecule has 1 amide bonds. The van der Waals surface area contributed by atoms with Gasteiger partial charge in [-0.2, -0.15) is 0 Å². The molecule has 0 atom stereocenters. The fourth-order valence-corrected chi connectivity index (χ4v) is 0.865. The van der Waals surface area contributed by atoms with E-state index in [1.54, 1.807) is 12.1 Å². The lowest BCUT2D eigenvalue weighted by Crippen LogP contribution is -2.40. The van der Waals surface area contributed by atoms with Gasteiger partial charge in [-0.3, -0.25) is 4.79 Å². The number of carbonyl (C=O) groups excluding carboxylic acids is 1. The Morgan fingerprint density at radius 3 is 2.47 bits per heavy atom. The lowest BCUT2D eigenvalue weighted by molar-refractivity contribution is 0.1000. The van der Waals surface area contributed by atoms with Gasteiger partial charge in [-0.05, 0) is 32.9 Å². The van der Waals surface area contributed by atoms with E-state index in [0.29, 0.717) is 11.4 Å². The molecule has 0 aliphatic heterocycles. The van der Waals surface area contributed by atoms with Crippen LogP contribution in [-0.2, 0) is 0 Å². The second-order valence-electron chi connectivity index (χ2n) is 4.30. The zero-order valence-corrected chi connectivity index (χ0v) is 9.16. The van der Waals surface area contributed by atoms with Crippen LogP contribution in [0.25, 0.3) is 0 Å². The van der Waals surface area contributed by atoms with Crippen LogP contribution in [0.2, 0.25) is 0 Å². The number of nitrogens with two attached hydrogens (primary N) is 1. The van der Waals surface area contributed by atoms with Gasteiger partial charge in [0.25, 0.3) is 0 Å². The molecule has 1 rings (SSSR count). The van der Waals surface area contributed by atoms with Gasteiger partial charge in [-0.25, -0.2) is 10.4 Å². The van der Waals surface area contributed by atoms with E-state index in [9.17, 15) is 4.79 Å². The third-order valence-electron chi connectivity index (χ3n) is 1.61. The Bertz CT molecular complexity index is 339. The average molecular weight is 208 g/mol. The predicted molar refractivity (Wildman–Crippen MR) is 59.3 cm³/mol. The fraction of sp³-hybridized carbons (Fsp3) is 0.400. The van der Waals surface area contributed by atoms with E-state index in [0.717, 1.165) is 0 Å². The first-order valence-corrected chi connectivity index (χ1v) is 4.67. The van der Waals surface area contributed by atoms with E-state index in [4.69, 9.17) is 5.73 Å². The molecule has 1 aromatic rings. The molecule has 82 valence electrons. The highest BCUT2D eigenvalue weighted by atomic mass is 16.1. The fourth-order valence-electron chi connectivity index (χ4n) is 0.865. The monoisotopic (exact) mass is 208 g/mol. The summed E-state index contributed by atoms with van der Waals surface area (Å²) in [7, 11) is 0. The maximum absolute atomic E-state index is 10.8. The van der Waals surface area contributed by atoms with Gasteiger partial charge in [0, 0.05) is 11.7 Å². The molecule has 15 heavy (non-hydrogen) atoms. The minimum atomic E-state index is -0.474. The number of rotatable bonds is 3. The van der Waals surface area contributed by atoms with Gasteiger partial charge in [0.15, 0.2) is 0 Å². The first-order valence-electron chi connectivity index (χ1n) is 4.67. The van der Waals surface area contributed by atoms with Crippen molar-refractivity contribution in [3.63, 3.8) is 0 Å². The van der Waals surface area contributed by atoms with Gasteiger partial charge in [-0.1, -0.05) is 0 Å². The van der Waals surface area contributed by atoms with Crippen LogP contribution in [0.1, 0.15) is 31.1 Å². The Labute approximate surface area is 89.0 Å². The van der Waals surface area contributed by atoms with E-state index in [1.807, 2.05) is 20.8 Å². The van der Waals surface area contributed by atoms with E-state index < -0.39 is 5.91 Å². The average Bonchev–Trinajstić information content (AvgIpc) is 2.14. The summed E-state index contributed by atoms with van der Waals surface area (Å²) in [4.78, 5) is 14.8. The van der Waals surface area contributed by atoms with Crippen molar-refractivity contribution in [1.29, 1.82) is 0 Å². The molecule has 0 unspecified atom stereocenters. The molecule has 0 aliphatic rings. The van der Waals surface area contributed by atoms with Crippen LogP contribution in [-0.4, -0.2) is 16.4 Å². The van der Waals surface area contributed by atoms with E-state index in [-0.39, 0.29) is 5.54 Å². The molecule has 4 N–H and O–H groups in total. The van der Waals surface area contributed by atoms with E-state index in [1.165, 1.54) is 6.20 Å². The van der Waals surface area contributed by atoms with E-state index in [2.05, 4.69) is 15.8 Å². The van der Waals surface area contributed by atoms with Gasteiger partial charge in [-0.15, -0.1) is 0 Å². The number of hydrogen-bond acceptors (Lipinski definition) is 4. The standard InChI is InChI=1S/C10H16N4O/c1-10(2,3)14-13-8-5-4-7(6-12-8)9(11)15/h4-6,14H,1-3H3,(H2,11,15)(H,12,13). The summed E-state index contributed by atoms with van der Waals surface area (Å²) in [5.74, 6) is 0.174. The van der Waals surface area contributed by atoms with Crippen LogP contribution in [0.5, 0.6) is 0 Å². The van der Waals surface area contributed by atoms with Gasteiger partial charge in [0.2, 0.25) is 5.91 Å². The zero-order chi connectivity index (χ0) is 11.5. The molecular weight excluding hydrogens is 192 g/mol. The number of nitrogens with zero attached hydrogens (tertiary/aromatic N) is 1. The van der Waals surface area contributed by atoms with Gasteiger partial charge >= 0.3 is 0 Å². The number of nitrogens with one attached hydrogen (secondary N) is 2. The lowest BCUT2D eigenvalue weighted by Gasteiger charge is -2.21. The van der Waals surface area contributed by atoms with Crippen LogP contribution in [0.4, 0.5) is 5.82 Å². The molecule has 0 spiro atoms. The molecule has 5 heteroatoms. The Morgan fingerprint density at radius 1 is 1.40 bits per heavy atom. The van der Waals surface area contributed by atoms with Gasteiger partial charge in [0.05, 0.1) is 5.56 Å². The van der Waals surface area contributed by atoms with Crippen molar-refractivity contribution in [2.45, 2.75) is 26.3 Å². The number of aromatic nitrogens is 1. The SMILES string of the molecule is CC(C)(C)NNc1ccc(C(N)=O)cn1. The number of hydrazine groups is 1. The number of hydrogen-bond donors (Lipinski definition) is 3. The highest BCUT2D eigenvalue weighted by molar-refractivity contribution is 5.92. The number of primary amides is 1. The Morgan fingerprint density at radius 2 is 2.07 bits per heavy atom. The summed E-state index contributed by atoms with van der Waals surface area (Å²) in [5, 5.41) is 0. The molecule has 5 nitrogen and oxygen atoms in total. The van der Waals surface area contributed by atoms with Gasteiger partial charge < -0.3 is 11.2 Å². The van der Waals surface area contributed by atoms with Crippen molar-refractivity contribution < 1.29 is 4.79 Å². The number of pyridine rings is 1. The summed E-state index contributed by atoms with van der Waals surface area (Å²) in [6.07, 6.45) is 1.44. The van der Waals surface area contributed by atoms with Gasteiger partial charge in [0.1, 0.15) is 5.82 Å². The lowest BCUT2D eigenvalue weighted by atomic mass is 10.1. The van der Waals surface area contributed by atoms with Crippen LogP contribution in [0, 0.1) is 0 Å². The molecule has 0 saturated heterocycles. The summed E-state index contributed by atoms with van der Waals surface area (Å²) >= 11 is 0. The highest BCUT2D eigenvalue weighted by Gasteiger charge is 2.08. The molecule has 0 fully saturated rings. The number of amides is 1. The molecule has 1 heterocycles. The maximum Gasteiger partial charge on any atom is 0.250 e. The minimum absolute atomic E-state index is 0.0515. The third-order valence-corrected chi connectivity index (χ3v) is 1.61. The zero-order valence-electron chi connectivity index (χ0n) is 9.16. The molecule has 0 saturated carbocycles. The molecule has 0 radical (unpaired) electrons.